The predicted octanol–water partition coefficient (Wildman–Crippen LogP) is 3.73. The van der Waals surface area contributed by atoms with E-state index in [2.05, 4.69) is 36.5 Å². The van der Waals surface area contributed by atoms with Gasteiger partial charge in [-0.3, -0.25) is 4.57 Å². The van der Waals surface area contributed by atoms with Crippen molar-refractivity contribution >= 4 is 17.5 Å². The molecule has 2 aliphatic carbocycles. The van der Waals surface area contributed by atoms with Gasteiger partial charge in [0.05, 0.1) is 30.3 Å². The average Bonchev–Trinajstić information content (AvgIpc) is 3.46. The lowest BCUT2D eigenvalue weighted by Crippen LogP contribution is -2.39. The second-order valence-corrected chi connectivity index (χ2v) is 8.73. The Morgan fingerprint density at radius 2 is 2.10 bits per heavy atom. The molecule has 1 saturated heterocycles. The van der Waals surface area contributed by atoms with Gasteiger partial charge >= 0.3 is 0 Å². The number of halogens is 2. The zero-order valence-electron chi connectivity index (χ0n) is 16.8. The van der Waals surface area contributed by atoms with Crippen molar-refractivity contribution in [1.82, 2.24) is 19.7 Å². The van der Waals surface area contributed by atoms with Crippen LogP contribution in [-0.2, 0) is 5.41 Å². The molecule has 2 aromatic heterocycles. The topological polar surface area (TPSA) is 56.1 Å². The van der Waals surface area contributed by atoms with E-state index in [0.717, 1.165) is 35.9 Å². The first kappa shape index (κ1) is 18.6. The van der Waals surface area contributed by atoms with Crippen LogP contribution in [0.5, 0.6) is 5.88 Å². The summed E-state index contributed by atoms with van der Waals surface area (Å²) in [7, 11) is 1.60. The Bertz CT molecular complexity index is 1240. The van der Waals surface area contributed by atoms with Crippen molar-refractivity contribution in [3.8, 4) is 23.4 Å². The molecule has 156 valence electrons. The monoisotopic (exact) mass is 435 g/mol. The van der Waals surface area contributed by atoms with Crippen molar-refractivity contribution in [1.29, 1.82) is 0 Å². The van der Waals surface area contributed by atoms with Gasteiger partial charge in [-0.1, -0.05) is 29.5 Å². The Morgan fingerprint density at radius 1 is 1.23 bits per heavy atom. The van der Waals surface area contributed by atoms with E-state index in [1.54, 1.807) is 19.4 Å². The number of nitrogens with zero attached hydrogens (tertiary/aromatic N) is 5. The Kier molecular flexibility index (Phi) is 4.03. The summed E-state index contributed by atoms with van der Waals surface area (Å²) in [4.78, 5) is 6.57. The minimum absolute atomic E-state index is 0.110. The maximum absolute atomic E-state index is 13.6. The highest BCUT2D eigenvalue weighted by Gasteiger charge is 2.52. The molecule has 0 amide bonds. The highest BCUT2D eigenvalue weighted by Crippen LogP contribution is 2.48. The zero-order valence-corrected chi connectivity index (χ0v) is 17.6. The summed E-state index contributed by atoms with van der Waals surface area (Å²) in [5, 5.41) is 9.52. The van der Waals surface area contributed by atoms with Gasteiger partial charge in [-0.05, 0) is 36.6 Å². The fraction of sp³-hybridized carbons (Fsp3) is 0.348. The predicted molar refractivity (Wildman–Crippen MR) is 114 cm³/mol. The Balaban J connectivity index is 1.39. The molecule has 3 aliphatic rings. The Morgan fingerprint density at radius 3 is 2.74 bits per heavy atom. The Hall–Kier alpha value is -3.11. The molecule has 0 N–H and O–H groups in total. The number of hydrogen-bond acceptors (Lipinski definition) is 5. The third-order valence-corrected chi connectivity index (χ3v) is 6.72. The molecule has 2 atom stereocenters. The molecule has 1 aromatic carbocycles. The van der Waals surface area contributed by atoms with Crippen molar-refractivity contribution in [2.45, 2.75) is 24.2 Å². The van der Waals surface area contributed by atoms with Gasteiger partial charge in [0.2, 0.25) is 11.8 Å². The SMILES string of the molecule is COc1ccc(-n2c(C3CC3)nnc2N2C[C@@H]3C#C[C@]3(c3ccc(F)cc3Cl)C2)cn1. The molecule has 2 fully saturated rings. The average molecular weight is 436 g/mol. The lowest BCUT2D eigenvalue weighted by atomic mass is 9.67. The molecule has 6 rings (SSSR count). The van der Waals surface area contributed by atoms with Gasteiger partial charge in [0.15, 0.2) is 0 Å². The molecular formula is C23H19ClFN5O. The normalized spacial score (nSPS) is 23.7. The first-order valence-corrected chi connectivity index (χ1v) is 10.7. The third kappa shape index (κ3) is 2.82. The van der Waals surface area contributed by atoms with Gasteiger partial charge in [-0.25, -0.2) is 9.37 Å². The number of hydrogen-bond donors (Lipinski definition) is 0. The second kappa shape index (κ2) is 6.69. The number of methoxy groups -OCH3 is 1. The van der Waals surface area contributed by atoms with Crippen LogP contribution in [0.3, 0.4) is 0 Å². The van der Waals surface area contributed by atoms with Gasteiger partial charge in [0.25, 0.3) is 0 Å². The first-order valence-electron chi connectivity index (χ1n) is 10.3. The lowest BCUT2D eigenvalue weighted by Gasteiger charge is -2.33. The molecule has 0 bridgehead atoms. The lowest BCUT2D eigenvalue weighted by molar-refractivity contribution is 0.398. The summed E-state index contributed by atoms with van der Waals surface area (Å²) in [5.74, 6) is 9.07. The number of aromatic nitrogens is 4. The summed E-state index contributed by atoms with van der Waals surface area (Å²) < 4.78 is 20.9. The molecule has 0 spiro atoms. The molecule has 3 aromatic rings. The fourth-order valence-corrected chi connectivity index (χ4v) is 4.94. The van der Waals surface area contributed by atoms with E-state index in [1.807, 2.05) is 12.1 Å². The molecular weight excluding hydrogens is 417 g/mol. The van der Waals surface area contributed by atoms with Crippen LogP contribution in [0, 0.1) is 23.6 Å². The molecule has 0 radical (unpaired) electrons. The zero-order chi connectivity index (χ0) is 21.2. The van der Waals surface area contributed by atoms with Crippen LogP contribution >= 0.6 is 11.6 Å². The summed E-state index contributed by atoms with van der Waals surface area (Å²) in [5.41, 5.74) is 1.36. The first-order chi connectivity index (χ1) is 15.1. The number of anilines is 1. The third-order valence-electron chi connectivity index (χ3n) is 6.40. The van der Waals surface area contributed by atoms with Crippen molar-refractivity contribution in [3.63, 3.8) is 0 Å². The molecule has 6 nitrogen and oxygen atoms in total. The van der Waals surface area contributed by atoms with Crippen LogP contribution in [0.15, 0.2) is 36.5 Å². The van der Waals surface area contributed by atoms with Crippen molar-refractivity contribution < 1.29 is 9.13 Å². The Labute approximate surface area is 184 Å². The van der Waals surface area contributed by atoms with Gasteiger partial charge in [0, 0.05) is 30.1 Å². The van der Waals surface area contributed by atoms with Crippen LogP contribution in [0.2, 0.25) is 5.02 Å². The number of pyridine rings is 1. The quantitative estimate of drug-likeness (QED) is 0.571. The summed E-state index contributed by atoms with van der Waals surface area (Å²) in [6, 6.07) is 8.38. The summed E-state index contributed by atoms with van der Waals surface area (Å²) >= 11 is 6.42. The maximum atomic E-state index is 13.6. The number of rotatable bonds is 5. The fourth-order valence-electron chi connectivity index (χ4n) is 4.60. The number of ether oxygens (including phenoxy) is 1. The molecule has 1 saturated carbocycles. The van der Waals surface area contributed by atoms with Crippen LogP contribution < -0.4 is 9.64 Å². The van der Waals surface area contributed by atoms with E-state index in [9.17, 15) is 4.39 Å². The smallest absolute Gasteiger partial charge is 0.232 e. The van der Waals surface area contributed by atoms with Gasteiger partial charge in [-0.2, -0.15) is 0 Å². The molecule has 8 heteroatoms. The largest absolute Gasteiger partial charge is 0.481 e. The molecule has 1 aliphatic heterocycles. The van der Waals surface area contributed by atoms with Crippen LogP contribution in [0.4, 0.5) is 10.3 Å². The van der Waals surface area contributed by atoms with E-state index in [-0.39, 0.29) is 11.7 Å². The van der Waals surface area contributed by atoms with Crippen LogP contribution in [0.1, 0.15) is 30.1 Å². The van der Waals surface area contributed by atoms with Gasteiger partial charge < -0.3 is 9.64 Å². The second-order valence-electron chi connectivity index (χ2n) is 8.32. The minimum Gasteiger partial charge on any atom is -0.481 e. The van der Waals surface area contributed by atoms with Crippen molar-refractivity contribution in [2.24, 2.45) is 5.92 Å². The van der Waals surface area contributed by atoms with E-state index in [1.165, 1.54) is 12.1 Å². The van der Waals surface area contributed by atoms with E-state index in [4.69, 9.17) is 16.3 Å². The summed E-state index contributed by atoms with van der Waals surface area (Å²) in [6.45, 7) is 1.34. The van der Waals surface area contributed by atoms with Crippen molar-refractivity contribution in [2.75, 3.05) is 25.1 Å². The van der Waals surface area contributed by atoms with Crippen molar-refractivity contribution in [3.05, 3.63) is 58.8 Å². The maximum Gasteiger partial charge on any atom is 0.232 e. The highest BCUT2D eigenvalue weighted by molar-refractivity contribution is 6.31. The highest BCUT2D eigenvalue weighted by atomic mass is 35.5. The van der Waals surface area contributed by atoms with E-state index >= 15 is 0 Å². The van der Waals surface area contributed by atoms with Crippen LogP contribution in [-0.4, -0.2) is 39.9 Å². The summed E-state index contributed by atoms with van der Waals surface area (Å²) in [6.07, 6.45) is 4.01. The number of benzene rings is 1. The van der Waals surface area contributed by atoms with Crippen LogP contribution in [0.25, 0.3) is 5.69 Å². The van der Waals surface area contributed by atoms with Gasteiger partial charge in [0.1, 0.15) is 11.6 Å². The molecule has 31 heavy (non-hydrogen) atoms. The van der Waals surface area contributed by atoms with E-state index < -0.39 is 5.41 Å². The molecule has 0 unspecified atom stereocenters. The molecule has 3 heterocycles. The minimum atomic E-state index is -0.417. The number of fused-ring (bicyclic) bond motifs is 1. The van der Waals surface area contributed by atoms with E-state index in [0.29, 0.717) is 29.9 Å². The standard InChI is InChI=1S/C23H19ClFN5O/c1-31-20-7-5-17(11-26-20)30-21(14-2-3-14)27-28-22(30)29-12-15-8-9-23(15,13-29)18-6-4-16(25)10-19(18)24/h4-7,10-11,14-15H,2-3,12-13H2,1H3/t15-,23-/m0/s1. The van der Waals surface area contributed by atoms with Gasteiger partial charge in [-0.15, -0.1) is 10.2 Å².